The molecule has 2 aromatic heterocycles. The summed E-state index contributed by atoms with van der Waals surface area (Å²) in [6.07, 6.45) is 3.49. The molecule has 4 heterocycles. The van der Waals surface area contributed by atoms with Gasteiger partial charge in [0.25, 0.3) is 5.91 Å². The average Bonchev–Trinajstić information content (AvgIpc) is 3.25. The maximum absolute atomic E-state index is 13.2. The monoisotopic (exact) mass is 515 g/mol. The fraction of sp³-hybridized carbons (Fsp3) is 0.414. The largest absolute Gasteiger partial charge is 0.384 e. The summed E-state index contributed by atoms with van der Waals surface area (Å²) in [5.74, 6) is 1.17. The zero-order valence-electron chi connectivity index (χ0n) is 22.4. The molecule has 1 atom stereocenters. The number of fused-ring (bicyclic) bond motifs is 1. The molecule has 2 aliphatic heterocycles. The highest BCUT2D eigenvalue weighted by atomic mass is 16.5. The third kappa shape index (κ3) is 6.06. The predicted molar refractivity (Wildman–Crippen MR) is 152 cm³/mol. The molecule has 5 rings (SSSR count). The molecular weight excluding hydrogens is 478 g/mol. The number of anilines is 4. The van der Waals surface area contributed by atoms with Gasteiger partial charge in [0, 0.05) is 67.9 Å². The number of amides is 1. The quantitative estimate of drug-likeness (QED) is 0.337. The fourth-order valence-electron chi connectivity index (χ4n) is 4.96. The molecular formula is C29H37N7O2. The Balaban J connectivity index is 1.19. The van der Waals surface area contributed by atoms with E-state index < -0.39 is 0 Å². The molecule has 0 bridgehead atoms. The minimum Gasteiger partial charge on any atom is -0.384 e. The lowest BCUT2D eigenvalue weighted by molar-refractivity contribution is 0.0227. The number of hydrogen-bond acceptors (Lipinski definition) is 8. The Morgan fingerprint density at radius 1 is 1.11 bits per heavy atom. The first-order chi connectivity index (χ1) is 18.4. The first-order valence-corrected chi connectivity index (χ1v) is 13.3. The van der Waals surface area contributed by atoms with E-state index >= 15 is 0 Å². The van der Waals surface area contributed by atoms with Crippen molar-refractivity contribution in [1.29, 1.82) is 0 Å². The molecule has 38 heavy (non-hydrogen) atoms. The van der Waals surface area contributed by atoms with Gasteiger partial charge in [-0.05, 0) is 54.4 Å². The van der Waals surface area contributed by atoms with Crippen molar-refractivity contribution in [3.63, 3.8) is 0 Å². The maximum Gasteiger partial charge on any atom is 0.259 e. The van der Waals surface area contributed by atoms with Gasteiger partial charge in [-0.1, -0.05) is 19.9 Å². The van der Waals surface area contributed by atoms with Crippen LogP contribution < -0.4 is 21.3 Å². The smallest absolute Gasteiger partial charge is 0.259 e. The van der Waals surface area contributed by atoms with Crippen LogP contribution in [0, 0.1) is 0 Å². The normalized spacial score (nSPS) is 17.2. The summed E-state index contributed by atoms with van der Waals surface area (Å²) in [6.45, 7) is 12.4. The van der Waals surface area contributed by atoms with E-state index in [-0.39, 0.29) is 11.3 Å². The molecule has 9 heteroatoms. The van der Waals surface area contributed by atoms with Gasteiger partial charge in [0.15, 0.2) is 0 Å². The molecule has 0 spiro atoms. The SMILES string of the molecule is CC(CNc1cc(CNc2ncccc2C(=O)Nc2ccc3c(c2)NCC3(C)C)ccn1)N1CCOCC1. The second-order valence-electron chi connectivity index (χ2n) is 10.6. The lowest BCUT2D eigenvalue weighted by Gasteiger charge is -2.32. The molecule has 2 aliphatic rings. The average molecular weight is 516 g/mol. The van der Waals surface area contributed by atoms with Crippen molar-refractivity contribution >= 4 is 28.9 Å². The van der Waals surface area contributed by atoms with Gasteiger partial charge in [-0.3, -0.25) is 9.69 Å². The second-order valence-corrected chi connectivity index (χ2v) is 10.6. The van der Waals surface area contributed by atoms with Crippen molar-refractivity contribution in [2.24, 2.45) is 0 Å². The van der Waals surface area contributed by atoms with E-state index in [1.54, 1.807) is 24.5 Å². The molecule has 1 saturated heterocycles. The zero-order valence-corrected chi connectivity index (χ0v) is 22.4. The summed E-state index contributed by atoms with van der Waals surface area (Å²) < 4.78 is 5.45. The minimum absolute atomic E-state index is 0.0850. The van der Waals surface area contributed by atoms with E-state index in [1.165, 1.54) is 5.56 Å². The molecule has 1 unspecified atom stereocenters. The number of benzene rings is 1. The van der Waals surface area contributed by atoms with E-state index in [4.69, 9.17) is 4.74 Å². The Morgan fingerprint density at radius 2 is 1.95 bits per heavy atom. The highest BCUT2D eigenvalue weighted by Gasteiger charge is 2.29. The summed E-state index contributed by atoms with van der Waals surface area (Å²) in [5.41, 5.74) is 4.71. The van der Waals surface area contributed by atoms with Crippen LogP contribution >= 0.6 is 0 Å². The highest BCUT2D eigenvalue weighted by molar-refractivity contribution is 6.07. The zero-order chi connectivity index (χ0) is 26.5. The number of carbonyl (C=O) groups excluding carboxylic acids is 1. The van der Waals surface area contributed by atoms with Crippen molar-refractivity contribution in [3.05, 3.63) is 71.5 Å². The number of nitrogens with one attached hydrogen (secondary N) is 4. The molecule has 200 valence electrons. The van der Waals surface area contributed by atoms with E-state index in [0.29, 0.717) is 24.0 Å². The minimum atomic E-state index is -0.202. The lowest BCUT2D eigenvalue weighted by atomic mass is 9.87. The summed E-state index contributed by atoms with van der Waals surface area (Å²) in [4.78, 5) is 24.5. The van der Waals surface area contributed by atoms with E-state index in [1.807, 2.05) is 24.3 Å². The Morgan fingerprint density at radius 3 is 2.79 bits per heavy atom. The molecule has 4 N–H and O–H groups in total. The number of hydrogen-bond donors (Lipinski definition) is 4. The molecule has 1 fully saturated rings. The summed E-state index contributed by atoms with van der Waals surface area (Å²) in [7, 11) is 0. The van der Waals surface area contributed by atoms with Gasteiger partial charge < -0.3 is 26.0 Å². The summed E-state index contributed by atoms with van der Waals surface area (Å²) in [6, 6.07) is 14.0. The van der Waals surface area contributed by atoms with Crippen LogP contribution in [0.25, 0.3) is 0 Å². The Bertz CT molecular complexity index is 1270. The van der Waals surface area contributed by atoms with Crippen molar-refractivity contribution in [1.82, 2.24) is 14.9 Å². The van der Waals surface area contributed by atoms with Crippen LogP contribution in [-0.4, -0.2) is 66.2 Å². The fourth-order valence-corrected chi connectivity index (χ4v) is 4.96. The van der Waals surface area contributed by atoms with Gasteiger partial charge in [0.2, 0.25) is 0 Å². The Labute approximate surface area is 224 Å². The summed E-state index contributed by atoms with van der Waals surface area (Å²) >= 11 is 0. The molecule has 9 nitrogen and oxygen atoms in total. The van der Waals surface area contributed by atoms with Crippen LogP contribution in [-0.2, 0) is 16.7 Å². The van der Waals surface area contributed by atoms with Gasteiger partial charge in [-0.25, -0.2) is 9.97 Å². The van der Waals surface area contributed by atoms with Gasteiger partial charge in [-0.15, -0.1) is 0 Å². The molecule has 0 aliphatic carbocycles. The van der Waals surface area contributed by atoms with Crippen LogP contribution in [0.4, 0.5) is 23.0 Å². The van der Waals surface area contributed by atoms with E-state index in [2.05, 4.69) is 63.0 Å². The predicted octanol–water partition coefficient (Wildman–Crippen LogP) is 4.18. The van der Waals surface area contributed by atoms with Gasteiger partial charge in [0.05, 0.1) is 18.8 Å². The van der Waals surface area contributed by atoms with Gasteiger partial charge in [-0.2, -0.15) is 0 Å². The summed E-state index contributed by atoms with van der Waals surface area (Å²) in [5, 5.41) is 13.2. The van der Waals surface area contributed by atoms with Crippen molar-refractivity contribution < 1.29 is 9.53 Å². The van der Waals surface area contributed by atoms with Gasteiger partial charge >= 0.3 is 0 Å². The van der Waals surface area contributed by atoms with Crippen LogP contribution in [0.2, 0.25) is 0 Å². The standard InChI is InChI=1S/C29H37N7O2/c1-20(36-11-13-38-14-12-36)17-32-26-15-21(8-10-30-26)18-33-27-23(5-4-9-31-27)28(37)35-22-6-7-24-25(16-22)34-19-29(24,2)3/h4-10,15-16,20,34H,11-14,17-19H2,1-3H3,(H,30,32)(H,31,33)(H,35,37). The van der Waals surface area contributed by atoms with Crippen molar-refractivity contribution in [3.8, 4) is 0 Å². The van der Waals surface area contributed by atoms with Crippen molar-refractivity contribution in [2.75, 3.05) is 60.7 Å². The Kier molecular flexibility index (Phi) is 7.76. The van der Waals surface area contributed by atoms with Crippen LogP contribution in [0.5, 0.6) is 0 Å². The lowest BCUT2D eigenvalue weighted by Crippen LogP contribution is -2.45. The highest BCUT2D eigenvalue weighted by Crippen LogP contribution is 2.37. The molecule has 0 radical (unpaired) electrons. The number of rotatable bonds is 9. The van der Waals surface area contributed by atoms with E-state index in [0.717, 1.165) is 62.1 Å². The number of pyridine rings is 2. The number of nitrogens with zero attached hydrogens (tertiary/aromatic N) is 3. The molecule has 0 saturated carbocycles. The second kappa shape index (κ2) is 11.4. The third-order valence-corrected chi connectivity index (χ3v) is 7.31. The molecule has 1 amide bonds. The van der Waals surface area contributed by atoms with Gasteiger partial charge in [0.1, 0.15) is 11.6 Å². The van der Waals surface area contributed by atoms with Crippen molar-refractivity contribution in [2.45, 2.75) is 38.8 Å². The first-order valence-electron chi connectivity index (χ1n) is 13.3. The van der Waals surface area contributed by atoms with Crippen LogP contribution in [0.3, 0.4) is 0 Å². The van der Waals surface area contributed by atoms with Crippen LogP contribution in [0.15, 0.2) is 54.9 Å². The molecule has 3 aromatic rings. The number of morpholine rings is 1. The van der Waals surface area contributed by atoms with E-state index in [9.17, 15) is 4.79 Å². The first kappa shape index (κ1) is 25.9. The number of carbonyl (C=O) groups is 1. The Hall–Kier alpha value is -3.69. The number of ether oxygens (including phenoxy) is 1. The number of aromatic nitrogens is 2. The maximum atomic E-state index is 13.2. The van der Waals surface area contributed by atoms with Crippen LogP contribution in [0.1, 0.15) is 42.3 Å². The molecule has 1 aromatic carbocycles. The third-order valence-electron chi connectivity index (χ3n) is 7.31. The topological polar surface area (TPSA) is 103 Å².